The van der Waals surface area contributed by atoms with Gasteiger partial charge in [0.15, 0.2) is 6.10 Å². The van der Waals surface area contributed by atoms with Gasteiger partial charge in [-0.3, -0.25) is 9.59 Å². The Morgan fingerprint density at radius 1 is 1.34 bits per heavy atom. The van der Waals surface area contributed by atoms with Crippen LogP contribution in [0.15, 0.2) is 18.2 Å². The third-order valence-electron chi connectivity index (χ3n) is 5.64. The van der Waals surface area contributed by atoms with Crippen molar-refractivity contribution in [2.45, 2.75) is 64.2 Å². The molecular formula is C22H30FN3O6. The summed E-state index contributed by atoms with van der Waals surface area (Å²) in [6.07, 6.45) is -0.844. The predicted molar refractivity (Wildman–Crippen MR) is 114 cm³/mol. The van der Waals surface area contributed by atoms with Crippen LogP contribution in [-0.2, 0) is 19.1 Å². The van der Waals surface area contributed by atoms with Crippen molar-refractivity contribution in [3.63, 3.8) is 0 Å². The van der Waals surface area contributed by atoms with E-state index in [-0.39, 0.29) is 17.6 Å². The lowest BCUT2D eigenvalue weighted by Crippen LogP contribution is -2.63. The summed E-state index contributed by atoms with van der Waals surface area (Å²) in [5, 5.41) is 5.40. The molecule has 2 aliphatic rings. The highest BCUT2D eigenvalue weighted by atomic mass is 19.1. The quantitative estimate of drug-likeness (QED) is 0.631. The van der Waals surface area contributed by atoms with Crippen LogP contribution in [0.5, 0.6) is 5.75 Å². The molecule has 1 saturated heterocycles. The van der Waals surface area contributed by atoms with Gasteiger partial charge in [0.05, 0.1) is 18.9 Å². The first-order valence-electron chi connectivity index (χ1n) is 10.6. The van der Waals surface area contributed by atoms with E-state index < -0.39 is 41.5 Å². The number of primary amides is 1. The SMILES string of the molecule is CC(C)(C)CC[C@H](OC(N)=O)C(=O)N[C@@H]1C(=O)Nc2ccc(F)cc2OC12CCOCC2. The zero-order valence-electron chi connectivity index (χ0n) is 18.5. The fourth-order valence-electron chi connectivity index (χ4n) is 3.89. The Hall–Kier alpha value is -2.88. The van der Waals surface area contributed by atoms with Crippen LogP contribution in [0.3, 0.4) is 0 Å². The van der Waals surface area contributed by atoms with Gasteiger partial charge in [0.1, 0.15) is 23.2 Å². The Bertz CT molecular complexity index is 879. The van der Waals surface area contributed by atoms with E-state index in [9.17, 15) is 18.8 Å². The van der Waals surface area contributed by atoms with Crippen LogP contribution >= 0.6 is 0 Å². The molecule has 2 heterocycles. The smallest absolute Gasteiger partial charge is 0.405 e. The van der Waals surface area contributed by atoms with Gasteiger partial charge in [0.2, 0.25) is 0 Å². The molecule has 0 aromatic heterocycles. The fourth-order valence-corrected chi connectivity index (χ4v) is 3.89. The lowest BCUT2D eigenvalue weighted by molar-refractivity contribution is -0.140. The van der Waals surface area contributed by atoms with E-state index in [1.165, 1.54) is 18.2 Å². The number of hydrogen-bond acceptors (Lipinski definition) is 6. The van der Waals surface area contributed by atoms with Crippen LogP contribution < -0.4 is 21.1 Å². The van der Waals surface area contributed by atoms with Gasteiger partial charge in [-0.1, -0.05) is 20.8 Å². The second-order valence-electron chi connectivity index (χ2n) is 9.38. The summed E-state index contributed by atoms with van der Waals surface area (Å²) in [7, 11) is 0. The molecule has 1 aromatic carbocycles. The van der Waals surface area contributed by atoms with Crippen LogP contribution in [0.25, 0.3) is 0 Å². The molecule has 9 nitrogen and oxygen atoms in total. The Kier molecular flexibility index (Phi) is 6.92. The summed E-state index contributed by atoms with van der Waals surface area (Å²) >= 11 is 0. The summed E-state index contributed by atoms with van der Waals surface area (Å²) in [4.78, 5) is 37.7. The molecule has 1 fully saturated rings. The maximum absolute atomic E-state index is 13.8. The summed E-state index contributed by atoms with van der Waals surface area (Å²) in [6, 6.07) is 2.69. The van der Waals surface area contributed by atoms with Gasteiger partial charge in [-0.15, -0.1) is 0 Å². The number of carbonyl (C=O) groups excluding carboxylic acids is 3. The van der Waals surface area contributed by atoms with E-state index >= 15 is 0 Å². The highest BCUT2D eigenvalue weighted by Crippen LogP contribution is 2.38. The van der Waals surface area contributed by atoms with Crippen molar-refractivity contribution in [1.29, 1.82) is 0 Å². The Balaban J connectivity index is 1.88. The van der Waals surface area contributed by atoms with E-state index in [2.05, 4.69) is 10.6 Å². The van der Waals surface area contributed by atoms with Gasteiger partial charge in [-0.05, 0) is 30.4 Å². The molecule has 3 amide bonds. The number of halogens is 1. The molecular weight excluding hydrogens is 421 g/mol. The standard InChI is InChI=1S/C22H30FN3O6/c1-21(2,3)7-6-15(31-20(24)29)18(27)26-17-19(28)25-14-5-4-13(23)12-16(14)32-22(17)8-10-30-11-9-22/h4-5,12,15,17H,6-11H2,1-3H3,(H2,24,29)(H,25,28)(H,26,27)/t15-,17+/m0/s1. The summed E-state index contributed by atoms with van der Waals surface area (Å²) < 4.78 is 30.5. The summed E-state index contributed by atoms with van der Waals surface area (Å²) in [5.74, 6) is -1.51. The third kappa shape index (κ3) is 5.67. The van der Waals surface area contributed by atoms with E-state index in [0.29, 0.717) is 38.2 Å². The molecule has 1 spiro atoms. The fraction of sp³-hybridized carbons (Fsp3) is 0.591. The molecule has 32 heavy (non-hydrogen) atoms. The minimum atomic E-state index is -1.17. The van der Waals surface area contributed by atoms with Crippen molar-refractivity contribution >= 4 is 23.6 Å². The molecule has 0 saturated carbocycles. The van der Waals surface area contributed by atoms with E-state index in [1.807, 2.05) is 20.8 Å². The van der Waals surface area contributed by atoms with Crippen molar-refractivity contribution in [2.24, 2.45) is 11.1 Å². The zero-order chi connectivity index (χ0) is 23.5. The van der Waals surface area contributed by atoms with Gasteiger partial charge in [-0.2, -0.15) is 0 Å². The maximum atomic E-state index is 13.8. The first kappa shape index (κ1) is 23.8. The Labute approximate surface area is 186 Å². The molecule has 3 rings (SSSR count). The molecule has 2 aliphatic heterocycles. The highest BCUT2D eigenvalue weighted by Gasteiger charge is 2.50. The molecule has 0 aliphatic carbocycles. The van der Waals surface area contributed by atoms with Crippen LogP contribution in [0.1, 0.15) is 46.5 Å². The van der Waals surface area contributed by atoms with Crippen LogP contribution in [0.4, 0.5) is 14.9 Å². The van der Waals surface area contributed by atoms with E-state index in [1.54, 1.807) is 0 Å². The average Bonchev–Trinajstić information content (AvgIpc) is 2.80. The first-order chi connectivity index (χ1) is 15.0. The van der Waals surface area contributed by atoms with Gasteiger partial charge < -0.3 is 30.6 Å². The number of nitrogens with one attached hydrogen (secondary N) is 2. The van der Waals surface area contributed by atoms with Gasteiger partial charge in [0.25, 0.3) is 11.8 Å². The number of nitrogens with two attached hydrogens (primary N) is 1. The van der Waals surface area contributed by atoms with Gasteiger partial charge in [-0.25, -0.2) is 9.18 Å². The lowest BCUT2D eigenvalue weighted by atomic mass is 9.84. The molecule has 0 bridgehead atoms. The molecule has 1 aromatic rings. The lowest BCUT2D eigenvalue weighted by Gasteiger charge is -2.41. The normalized spacial score (nSPS) is 20.9. The molecule has 10 heteroatoms. The average molecular weight is 451 g/mol. The third-order valence-corrected chi connectivity index (χ3v) is 5.64. The number of fused-ring (bicyclic) bond motifs is 1. The zero-order valence-corrected chi connectivity index (χ0v) is 18.5. The van der Waals surface area contributed by atoms with Crippen LogP contribution in [0.2, 0.25) is 0 Å². The molecule has 176 valence electrons. The van der Waals surface area contributed by atoms with Crippen molar-refractivity contribution in [1.82, 2.24) is 5.32 Å². The minimum absolute atomic E-state index is 0.115. The number of amides is 3. The Morgan fingerprint density at radius 2 is 2.03 bits per heavy atom. The number of carbonyl (C=O) groups is 3. The molecule has 2 atom stereocenters. The van der Waals surface area contributed by atoms with Crippen molar-refractivity contribution in [3.05, 3.63) is 24.0 Å². The second kappa shape index (κ2) is 9.32. The Morgan fingerprint density at radius 3 is 2.66 bits per heavy atom. The number of ether oxygens (including phenoxy) is 3. The second-order valence-corrected chi connectivity index (χ2v) is 9.38. The number of hydrogen-bond donors (Lipinski definition) is 3. The predicted octanol–water partition coefficient (Wildman–Crippen LogP) is 2.48. The minimum Gasteiger partial charge on any atom is -0.482 e. The van der Waals surface area contributed by atoms with Gasteiger partial charge >= 0.3 is 6.09 Å². The summed E-state index contributed by atoms with van der Waals surface area (Å²) in [5.41, 5.74) is 4.20. The van der Waals surface area contributed by atoms with Crippen molar-refractivity contribution in [2.75, 3.05) is 18.5 Å². The summed E-state index contributed by atoms with van der Waals surface area (Å²) in [6.45, 7) is 6.58. The highest BCUT2D eigenvalue weighted by molar-refractivity contribution is 6.00. The monoisotopic (exact) mass is 451 g/mol. The van der Waals surface area contributed by atoms with Crippen LogP contribution in [-0.4, -0.2) is 48.9 Å². The van der Waals surface area contributed by atoms with Crippen molar-refractivity contribution < 1.29 is 33.0 Å². The molecule has 4 N–H and O–H groups in total. The van der Waals surface area contributed by atoms with E-state index in [0.717, 1.165) is 0 Å². The molecule has 0 radical (unpaired) electrons. The van der Waals surface area contributed by atoms with E-state index in [4.69, 9.17) is 19.9 Å². The number of rotatable bonds is 5. The largest absolute Gasteiger partial charge is 0.482 e. The maximum Gasteiger partial charge on any atom is 0.405 e. The first-order valence-corrected chi connectivity index (χ1v) is 10.6. The van der Waals surface area contributed by atoms with Gasteiger partial charge in [0, 0.05) is 18.9 Å². The topological polar surface area (TPSA) is 129 Å². The van der Waals surface area contributed by atoms with Crippen molar-refractivity contribution in [3.8, 4) is 5.75 Å². The molecule has 0 unspecified atom stereocenters. The number of anilines is 1. The van der Waals surface area contributed by atoms with Crippen LogP contribution in [0, 0.1) is 11.2 Å². The number of benzene rings is 1.